The smallest absolute Gasteiger partial charge is 0.137 e. The van der Waals surface area contributed by atoms with Crippen molar-refractivity contribution in [2.24, 2.45) is 0 Å². The van der Waals surface area contributed by atoms with Gasteiger partial charge in [0.2, 0.25) is 0 Å². The van der Waals surface area contributed by atoms with Gasteiger partial charge in [0.1, 0.15) is 18.2 Å². The molecule has 0 saturated carbocycles. The van der Waals surface area contributed by atoms with Crippen LogP contribution in [0.2, 0.25) is 0 Å². The number of aliphatic hydroxyl groups excluding tert-OH is 1. The first-order chi connectivity index (χ1) is 8.69. The number of hydrogen-bond donors (Lipinski definition) is 1. The molecule has 0 radical (unpaired) electrons. The van der Waals surface area contributed by atoms with Crippen LogP contribution in [0.25, 0.3) is 0 Å². The van der Waals surface area contributed by atoms with Gasteiger partial charge in [-0.25, -0.2) is 4.39 Å². The van der Waals surface area contributed by atoms with Crippen LogP contribution in [0, 0.1) is 5.82 Å². The molecule has 2 aromatic carbocycles. The largest absolute Gasteiger partial charge is 0.489 e. The predicted octanol–water partition coefficient (Wildman–Crippen LogP) is 3.66. The molecule has 0 fully saturated rings. The van der Waals surface area contributed by atoms with Gasteiger partial charge in [-0.15, -0.1) is 0 Å². The second kappa shape index (κ2) is 5.98. The van der Waals surface area contributed by atoms with Crippen LogP contribution in [-0.2, 0) is 13.2 Å². The maximum Gasteiger partial charge on any atom is 0.137 e. The summed E-state index contributed by atoms with van der Waals surface area (Å²) in [6, 6.07) is 12.0. The van der Waals surface area contributed by atoms with Gasteiger partial charge in [-0.1, -0.05) is 18.2 Å². The van der Waals surface area contributed by atoms with Crippen LogP contribution >= 0.6 is 15.9 Å². The highest BCUT2D eigenvalue weighted by Gasteiger charge is 2.01. The standard InChI is InChI=1S/C14H12BrFO2/c15-13-7-11(3-6-14(13)16)9-18-12-4-1-10(8-17)2-5-12/h1-7,17H,8-9H2. The van der Waals surface area contributed by atoms with Crippen molar-refractivity contribution in [2.45, 2.75) is 13.2 Å². The van der Waals surface area contributed by atoms with Gasteiger partial charge in [-0.3, -0.25) is 0 Å². The van der Waals surface area contributed by atoms with Crippen LogP contribution in [0.15, 0.2) is 46.9 Å². The molecule has 0 saturated heterocycles. The lowest BCUT2D eigenvalue weighted by molar-refractivity contribution is 0.280. The van der Waals surface area contributed by atoms with Crippen molar-refractivity contribution in [1.29, 1.82) is 0 Å². The molecule has 0 aliphatic rings. The van der Waals surface area contributed by atoms with Gasteiger partial charge in [0, 0.05) is 0 Å². The van der Waals surface area contributed by atoms with Crippen molar-refractivity contribution in [2.75, 3.05) is 0 Å². The summed E-state index contributed by atoms with van der Waals surface area (Å²) in [7, 11) is 0. The molecule has 0 aromatic heterocycles. The summed E-state index contributed by atoms with van der Waals surface area (Å²) in [4.78, 5) is 0. The Labute approximate surface area is 113 Å². The van der Waals surface area contributed by atoms with Crippen LogP contribution in [0.4, 0.5) is 4.39 Å². The first-order valence-corrected chi connectivity index (χ1v) is 6.25. The van der Waals surface area contributed by atoms with E-state index in [1.807, 2.05) is 0 Å². The summed E-state index contributed by atoms with van der Waals surface area (Å²) in [6.45, 7) is 0.391. The highest BCUT2D eigenvalue weighted by molar-refractivity contribution is 9.10. The number of aliphatic hydroxyl groups is 1. The monoisotopic (exact) mass is 310 g/mol. The number of rotatable bonds is 4. The molecule has 18 heavy (non-hydrogen) atoms. The molecule has 0 bridgehead atoms. The second-order valence-corrected chi connectivity index (χ2v) is 4.69. The molecule has 0 spiro atoms. The van der Waals surface area contributed by atoms with Crippen molar-refractivity contribution >= 4 is 15.9 Å². The van der Waals surface area contributed by atoms with Crippen molar-refractivity contribution in [3.05, 3.63) is 63.9 Å². The molecule has 0 aliphatic heterocycles. The lowest BCUT2D eigenvalue weighted by Crippen LogP contribution is -1.96. The van der Waals surface area contributed by atoms with E-state index in [9.17, 15) is 4.39 Å². The van der Waals surface area contributed by atoms with E-state index in [0.717, 1.165) is 11.1 Å². The average Bonchev–Trinajstić information content (AvgIpc) is 2.41. The van der Waals surface area contributed by atoms with E-state index in [-0.39, 0.29) is 12.4 Å². The Morgan fingerprint density at radius 3 is 2.33 bits per heavy atom. The van der Waals surface area contributed by atoms with E-state index in [4.69, 9.17) is 9.84 Å². The molecule has 0 amide bonds. The molecule has 0 atom stereocenters. The average molecular weight is 311 g/mol. The Morgan fingerprint density at radius 1 is 1.06 bits per heavy atom. The van der Waals surface area contributed by atoms with Gasteiger partial charge in [-0.2, -0.15) is 0 Å². The van der Waals surface area contributed by atoms with Crippen molar-refractivity contribution in [3.63, 3.8) is 0 Å². The molecule has 2 rings (SSSR count). The van der Waals surface area contributed by atoms with Crippen molar-refractivity contribution < 1.29 is 14.2 Å². The minimum Gasteiger partial charge on any atom is -0.489 e. The van der Waals surface area contributed by atoms with Crippen LogP contribution in [0.3, 0.4) is 0 Å². The van der Waals surface area contributed by atoms with Crippen LogP contribution < -0.4 is 4.74 Å². The van der Waals surface area contributed by atoms with E-state index in [0.29, 0.717) is 16.8 Å². The SMILES string of the molecule is OCc1ccc(OCc2ccc(F)c(Br)c2)cc1. The normalized spacial score (nSPS) is 10.4. The minimum absolute atomic E-state index is 0.0190. The summed E-state index contributed by atoms with van der Waals surface area (Å²) in [5, 5.41) is 8.91. The maximum atomic E-state index is 13.0. The molecule has 2 aromatic rings. The zero-order valence-corrected chi connectivity index (χ0v) is 11.2. The number of ether oxygens (including phenoxy) is 1. The number of halogens is 2. The molecule has 0 unspecified atom stereocenters. The molecule has 94 valence electrons. The topological polar surface area (TPSA) is 29.5 Å². The van der Waals surface area contributed by atoms with Gasteiger partial charge in [0.25, 0.3) is 0 Å². The van der Waals surface area contributed by atoms with Crippen LogP contribution in [0.1, 0.15) is 11.1 Å². The molecule has 0 aliphatic carbocycles. The third kappa shape index (κ3) is 3.31. The Morgan fingerprint density at radius 2 is 1.72 bits per heavy atom. The van der Waals surface area contributed by atoms with Crippen molar-refractivity contribution in [1.82, 2.24) is 0 Å². The first-order valence-electron chi connectivity index (χ1n) is 5.45. The van der Waals surface area contributed by atoms with E-state index in [2.05, 4.69) is 15.9 Å². The molecule has 4 heteroatoms. The summed E-state index contributed by atoms with van der Waals surface area (Å²) in [5.74, 6) is 0.429. The quantitative estimate of drug-likeness (QED) is 0.934. The fourth-order valence-corrected chi connectivity index (χ4v) is 1.91. The van der Waals surface area contributed by atoms with Crippen molar-refractivity contribution in [3.8, 4) is 5.75 Å². The highest BCUT2D eigenvalue weighted by atomic mass is 79.9. The Hall–Kier alpha value is -1.39. The third-order valence-corrected chi connectivity index (χ3v) is 3.10. The summed E-state index contributed by atoms with van der Waals surface area (Å²) >= 11 is 3.13. The van der Waals surface area contributed by atoms with E-state index in [1.54, 1.807) is 36.4 Å². The second-order valence-electron chi connectivity index (χ2n) is 3.84. The number of benzene rings is 2. The zero-order valence-electron chi connectivity index (χ0n) is 9.57. The summed E-state index contributed by atoms with van der Waals surface area (Å²) < 4.78 is 19.0. The maximum absolute atomic E-state index is 13.0. The first kappa shape index (κ1) is 13.1. The van der Waals surface area contributed by atoms with Gasteiger partial charge in [0.05, 0.1) is 11.1 Å². The fourth-order valence-electron chi connectivity index (χ4n) is 1.49. The van der Waals surface area contributed by atoms with E-state index in [1.165, 1.54) is 6.07 Å². The van der Waals surface area contributed by atoms with Gasteiger partial charge in [0.15, 0.2) is 0 Å². The minimum atomic E-state index is -0.286. The van der Waals surface area contributed by atoms with Gasteiger partial charge >= 0.3 is 0 Å². The summed E-state index contributed by atoms with van der Waals surface area (Å²) in [5.41, 5.74) is 1.72. The van der Waals surface area contributed by atoms with Gasteiger partial charge < -0.3 is 9.84 Å². The predicted molar refractivity (Wildman–Crippen MR) is 70.8 cm³/mol. The Kier molecular flexibility index (Phi) is 4.33. The molecule has 0 heterocycles. The lowest BCUT2D eigenvalue weighted by atomic mass is 10.2. The summed E-state index contributed by atoms with van der Waals surface area (Å²) in [6.07, 6.45) is 0. The third-order valence-electron chi connectivity index (χ3n) is 2.50. The van der Waals surface area contributed by atoms with Gasteiger partial charge in [-0.05, 0) is 51.3 Å². The molecule has 2 nitrogen and oxygen atoms in total. The Balaban J connectivity index is 1.99. The van der Waals surface area contributed by atoms with E-state index >= 15 is 0 Å². The van der Waals surface area contributed by atoms with Crippen LogP contribution in [0.5, 0.6) is 5.75 Å². The number of hydrogen-bond acceptors (Lipinski definition) is 2. The zero-order chi connectivity index (χ0) is 13.0. The molecule has 1 N–H and O–H groups in total. The molecular weight excluding hydrogens is 299 g/mol. The fraction of sp³-hybridized carbons (Fsp3) is 0.143. The van der Waals surface area contributed by atoms with Crippen LogP contribution in [-0.4, -0.2) is 5.11 Å². The molecular formula is C14H12BrFO2. The lowest BCUT2D eigenvalue weighted by Gasteiger charge is -2.07. The Bertz CT molecular complexity index is 526. The highest BCUT2D eigenvalue weighted by Crippen LogP contribution is 2.19. The van der Waals surface area contributed by atoms with E-state index < -0.39 is 0 Å².